The van der Waals surface area contributed by atoms with Crippen LogP contribution in [0.25, 0.3) is 0 Å². The number of rotatable bonds is 6. The molecule has 0 radical (unpaired) electrons. The summed E-state index contributed by atoms with van der Waals surface area (Å²) in [6.45, 7) is 11.4. The van der Waals surface area contributed by atoms with Crippen molar-refractivity contribution in [1.82, 2.24) is 0 Å². The van der Waals surface area contributed by atoms with Crippen LogP contribution in [-0.4, -0.2) is 38.3 Å². The molecular formula is C31H34F6O9. The highest BCUT2D eigenvalue weighted by Crippen LogP contribution is 2.29. The SMILES string of the molecule is CC.CCOC(=O)Oc1c(F)c(F)c(C)c(F)c1F.CCOC(=O)Oc1c(F)cc(C)cc1F.CCOC(=O)Oc1ccccc1. The molecule has 0 aromatic heterocycles. The number of ether oxygens (including phenoxy) is 6. The number of halogens is 6. The number of carbonyl (C=O) groups excluding carboxylic acids is 3. The van der Waals surface area contributed by atoms with E-state index >= 15 is 0 Å². The first-order valence-electron chi connectivity index (χ1n) is 13.6. The number of carbonyl (C=O) groups is 3. The Morgan fingerprint density at radius 1 is 0.565 bits per heavy atom. The lowest BCUT2D eigenvalue weighted by atomic mass is 10.2. The van der Waals surface area contributed by atoms with E-state index in [4.69, 9.17) is 4.74 Å². The Morgan fingerprint density at radius 3 is 1.33 bits per heavy atom. The minimum absolute atomic E-state index is 0.0773. The normalized spacial score (nSPS) is 9.50. The van der Waals surface area contributed by atoms with Crippen LogP contribution in [0.4, 0.5) is 40.7 Å². The third-order valence-corrected chi connectivity index (χ3v) is 4.69. The highest BCUT2D eigenvalue weighted by molar-refractivity contribution is 5.65. The van der Waals surface area contributed by atoms with E-state index in [0.717, 1.165) is 19.1 Å². The molecule has 0 unspecified atom stereocenters. The molecule has 15 heteroatoms. The van der Waals surface area contributed by atoms with Gasteiger partial charge in [0.15, 0.2) is 23.3 Å². The lowest BCUT2D eigenvalue weighted by Crippen LogP contribution is -2.14. The molecule has 0 amide bonds. The first kappa shape index (κ1) is 41.0. The second-order valence-corrected chi connectivity index (χ2v) is 7.94. The molecule has 46 heavy (non-hydrogen) atoms. The van der Waals surface area contributed by atoms with Crippen LogP contribution >= 0.6 is 0 Å². The second-order valence-electron chi connectivity index (χ2n) is 7.94. The zero-order valence-corrected chi connectivity index (χ0v) is 26.1. The van der Waals surface area contributed by atoms with Gasteiger partial charge in [0.2, 0.25) is 23.1 Å². The average molecular weight is 665 g/mol. The van der Waals surface area contributed by atoms with Crippen molar-refractivity contribution >= 4 is 18.5 Å². The third-order valence-electron chi connectivity index (χ3n) is 4.69. The maximum Gasteiger partial charge on any atom is 0.514 e. The summed E-state index contributed by atoms with van der Waals surface area (Å²) >= 11 is 0. The van der Waals surface area contributed by atoms with Crippen LogP contribution in [0.5, 0.6) is 17.2 Å². The summed E-state index contributed by atoms with van der Waals surface area (Å²) < 4.78 is 105. The summed E-state index contributed by atoms with van der Waals surface area (Å²) in [7, 11) is 0. The summed E-state index contributed by atoms with van der Waals surface area (Å²) in [6, 6.07) is 10.9. The Hall–Kier alpha value is -4.95. The van der Waals surface area contributed by atoms with Gasteiger partial charge in [-0.2, -0.15) is 8.78 Å². The molecular weight excluding hydrogens is 630 g/mol. The molecule has 0 aliphatic carbocycles. The van der Waals surface area contributed by atoms with Crippen molar-refractivity contribution in [1.29, 1.82) is 0 Å². The predicted octanol–water partition coefficient (Wildman–Crippen LogP) is 9.14. The summed E-state index contributed by atoms with van der Waals surface area (Å²) in [6.07, 6.45) is -3.24. The molecule has 0 N–H and O–H groups in total. The molecule has 254 valence electrons. The average Bonchev–Trinajstić information content (AvgIpc) is 3.02. The standard InChI is InChI=1S/C10H8F4O3.C10H10F2O3.C9H10O3.C2H6/c1-3-16-10(15)17-9-7(13)5(11)4(2)6(12)8(9)14;1-3-14-10(13)15-9-7(11)4-6(2)5-8(9)12;1-2-11-9(10)12-8-6-4-3-5-7-8;1-2/h3H2,1-2H3;4-5H,3H2,1-2H3;3-7H,2H2,1H3;1-2H3. The molecule has 0 saturated heterocycles. The number of hydrogen-bond acceptors (Lipinski definition) is 9. The van der Waals surface area contributed by atoms with Gasteiger partial charge in [-0.3, -0.25) is 0 Å². The minimum atomic E-state index is -1.78. The quantitative estimate of drug-likeness (QED) is 0.0838. The smallest absolute Gasteiger partial charge is 0.434 e. The zero-order chi connectivity index (χ0) is 35.4. The van der Waals surface area contributed by atoms with Crippen molar-refractivity contribution in [2.75, 3.05) is 19.8 Å². The zero-order valence-electron chi connectivity index (χ0n) is 26.1. The molecule has 0 spiro atoms. The van der Waals surface area contributed by atoms with Gasteiger partial charge in [-0.25, -0.2) is 31.9 Å². The molecule has 0 bridgehead atoms. The van der Waals surface area contributed by atoms with E-state index in [0.29, 0.717) is 17.9 Å². The lowest BCUT2D eigenvalue weighted by molar-refractivity contribution is 0.0993. The molecule has 0 fully saturated rings. The van der Waals surface area contributed by atoms with Gasteiger partial charge in [0.1, 0.15) is 5.75 Å². The third kappa shape index (κ3) is 13.8. The van der Waals surface area contributed by atoms with Gasteiger partial charge >= 0.3 is 18.5 Å². The van der Waals surface area contributed by atoms with Crippen LogP contribution in [0.3, 0.4) is 0 Å². The Bertz CT molecular complexity index is 1370. The fraction of sp³-hybridized carbons (Fsp3) is 0.323. The van der Waals surface area contributed by atoms with Crippen molar-refractivity contribution in [3.63, 3.8) is 0 Å². The van der Waals surface area contributed by atoms with E-state index in [2.05, 4.69) is 23.7 Å². The molecule has 9 nitrogen and oxygen atoms in total. The molecule has 0 aliphatic heterocycles. The fourth-order valence-corrected chi connectivity index (χ4v) is 2.79. The van der Waals surface area contributed by atoms with E-state index in [-0.39, 0.29) is 13.2 Å². The summed E-state index contributed by atoms with van der Waals surface area (Å²) in [5, 5.41) is 0. The van der Waals surface area contributed by atoms with Crippen LogP contribution < -0.4 is 14.2 Å². The number of para-hydroxylation sites is 1. The number of aryl methyl sites for hydroxylation is 1. The van der Waals surface area contributed by atoms with Crippen molar-refractivity contribution in [3.05, 3.63) is 88.5 Å². The van der Waals surface area contributed by atoms with Gasteiger partial charge < -0.3 is 28.4 Å². The first-order valence-corrected chi connectivity index (χ1v) is 13.6. The van der Waals surface area contributed by atoms with Crippen molar-refractivity contribution in [3.8, 4) is 17.2 Å². The van der Waals surface area contributed by atoms with Crippen molar-refractivity contribution < 1.29 is 69.1 Å². The van der Waals surface area contributed by atoms with Crippen LogP contribution in [0.1, 0.15) is 45.7 Å². The molecule has 0 atom stereocenters. The highest BCUT2D eigenvalue weighted by Gasteiger charge is 2.26. The first-order chi connectivity index (χ1) is 21.8. The monoisotopic (exact) mass is 664 g/mol. The van der Waals surface area contributed by atoms with Gasteiger partial charge in [0, 0.05) is 5.56 Å². The molecule has 3 rings (SSSR count). The number of hydrogen-bond donors (Lipinski definition) is 0. The van der Waals surface area contributed by atoms with E-state index in [1.54, 1.807) is 38.1 Å². The van der Waals surface area contributed by atoms with Crippen LogP contribution in [0, 0.1) is 48.8 Å². The van der Waals surface area contributed by atoms with Gasteiger partial charge in [-0.1, -0.05) is 32.0 Å². The highest BCUT2D eigenvalue weighted by atomic mass is 19.2. The molecule has 0 aliphatic rings. The van der Waals surface area contributed by atoms with E-state index < -0.39 is 70.4 Å². The Balaban J connectivity index is 0.000000651. The van der Waals surface area contributed by atoms with Crippen molar-refractivity contribution in [2.45, 2.75) is 48.5 Å². The summed E-state index contributed by atoms with van der Waals surface area (Å²) in [4.78, 5) is 32.4. The van der Waals surface area contributed by atoms with Gasteiger partial charge in [-0.05, 0) is 64.4 Å². The van der Waals surface area contributed by atoms with Gasteiger partial charge in [-0.15, -0.1) is 0 Å². The van der Waals surface area contributed by atoms with Gasteiger partial charge in [0.25, 0.3) is 0 Å². The second kappa shape index (κ2) is 21.7. The van der Waals surface area contributed by atoms with Crippen molar-refractivity contribution in [2.24, 2.45) is 0 Å². The number of benzene rings is 3. The predicted molar refractivity (Wildman–Crippen MR) is 153 cm³/mol. The maximum absolute atomic E-state index is 13.2. The largest absolute Gasteiger partial charge is 0.514 e. The molecule has 3 aromatic rings. The summed E-state index contributed by atoms with van der Waals surface area (Å²) in [5.41, 5.74) is -0.433. The van der Waals surface area contributed by atoms with E-state index in [9.17, 15) is 40.7 Å². The van der Waals surface area contributed by atoms with Crippen LogP contribution in [-0.2, 0) is 14.2 Å². The van der Waals surface area contributed by atoms with Crippen LogP contribution in [0.15, 0.2) is 42.5 Å². The Labute approximate surface area is 261 Å². The Morgan fingerprint density at radius 2 is 0.935 bits per heavy atom. The van der Waals surface area contributed by atoms with E-state index in [1.165, 1.54) is 13.8 Å². The van der Waals surface area contributed by atoms with Gasteiger partial charge in [0.05, 0.1) is 19.8 Å². The maximum atomic E-state index is 13.2. The molecule has 0 heterocycles. The molecule has 0 saturated carbocycles. The topological polar surface area (TPSA) is 107 Å². The Kier molecular flexibility index (Phi) is 19.4. The minimum Gasteiger partial charge on any atom is -0.434 e. The lowest BCUT2D eigenvalue weighted by Gasteiger charge is -2.09. The van der Waals surface area contributed by atoms with E-state index in [1.807, 2.05) is 19.9 Å². The fourth-order valence-electron chi connectivity index (χ4n) is 2.79. The summed E-state index contributed by atoms with van der Waals surface area (Å²) in [5.74, 6) is -10.4. The molecule has 3 aromatic carbocycles. The van der Waals surface area contributed by atoms with Crippen LogP contribution in [0.2, 0.25) is 0 Å².